The maximum Gasteiger partial charge on any atom is 0.131 e. The molecule has 1 aliphatic rings. The van der Waals surface area contributed by atoms with Crippen LogP contribution in [0.3, 0.4) is 0 Å². The van der Waals surface area contributed by atoms with Crippen molar-refractivity contribution in [3.8, 4) is 5.75 Å². The summed E-state index contributed by atoms with van der Waals surface area (Å²) in [5, 5.41) is 0. The van der Waals surface area contributed by atoms with E-state index >= 15 is 0 Å². The van der Waals surface area contributed by atoms with Crippen molar-refractivity contribution >= 4 is 6.29 Å². The van der Waals surface area contributed by atoms with Crippen molar-refractivity contribution in [2.24, 2.45) is 0 Å². The number of carbonyl (C=O) groups excluding carboxylic acids is 1. The van der Waals surface area contributed by atoms with Gasteiger partial charge in [0, 0.05) is 12.0 Å². The number of allylic oxidation sites excluding steroid dienone is 3. The summed E-state index contributed by atoms with van der Waals surface area (Å²) in [6.07, 6.45) is 5.70. The summed E-state index contributed by atoms with van der Waals surface area (Å²) in [5.74, 6) is 1.46. The number of fused-ring (bicyclic) bond motifs is 1. The zero-order chi connectivity index (χ0) is 12.3. The van der Waals surface area contributed by atoms with E-state index in [4.69, 9.17) is 4.74 Å². The van der Waals surface area contributed by atoms with Crippen molar-refractivity contribution in [1.82, 2.24) is 0 Å². The Kier molecular flexibility index (Phi) is 3.43. The molecule has 2 heteroatoms. The molecular formula is C15H16O2. The summed E-state index contributed by atoms with van der Waals surface area (Å²) in [4.78, 5) is 11.1. The minimum atomic E-state index is -0.180. The van der Waals surface area contributed by atoms with Crippen LogP contribution in [0.4, 0.5) is 0 Å². The first kappa shape index (κ1) is 11.6. The molecule has 1 aromatic carbocycles. The quantitative estimate of drug-likeness (QED) is 0.583. The lowest BCUT2D eigenvalue weighted by Crippen LogP contribution is -2.10. The average Bonchev–Trinajstić information content (AvgIpc) is 2.35. The molecule has 0 amide bonds. The van der Waals surface area contributed by atoms with Crippen molar-refractivity contribution in [3.63, 3.8) is 0 Å². The number of benzene rings is 1. The van der Waals surface area contributed by atoms with Crippen molar-refractivity contribution in [1.29, 1.82) is 0 Å². The Hall–Kier alpha value is -1.83. The van der Waals surface area contributed by atoms with Gasteiger partial charge in [-0.1, -0.05) is 29.8 Å². The number of carbonyl (C=O) groups is 1. The van der Waals surface area contributed by atoms with Gasteiger partial charge in [-0.25, -0.2) is 0 Å². The Morgan fingerprint density at radius 3 is 2.82 bits per heavy atom. The van der Waals surface area contributed by atoms with Gasteiger partial charge in [-0.3, -0.25) is 0 Å². The fourth-order valence-electron chi connectivity index (χ4n) is 1.84. The Morgan fingerprint density at radius 1 is 1.35 bits per heavy atom. The van der Waals surface area contributed by atoms with Gasteiger partial charge in [-0.15, -0.1) is 0 Å². The molecule has 0 N–H and O–H groups in total. The van der Waals surface area contributed by atoms with Crippen LogP contribution < -0.4 is 4.74 Å². The normalized spacial score (nSPS) is 17.5. The van der Waals surface area contributed by atoms with E-state index in [9.17, 15) is 4.79 Å². The molecule has 1 aliphatic heterocycles. The van der Waals surface area contributed by atoms with Gasteiger partial charge in [0.15, 0.2) is 0 Å². The number of hydrogen-bond donors (Lipinski definition) is 0. The third-order valence-electron chi connectivity index (χ3n) is 2.74. The number of rotatable bonds is 3. The van der Waals surface area contributed by atoms with Gasteiger partial charge in [0.2, 0.25) is 0 Å². The SMILES string of the molecule is CC(C)=CCC1=CC(C=O)c2ccccc2O1. The van der Waals surface area contributed by atoms with Crippen LogP contribution in [0.5, 0.6) is 5.75 Å². The van der Waals surface area contributed by atoms with Crippen molar-refractivity contribution in [2.45, 2.75) is 26.2 Å². The second-order valence-electron chi connectivity index (χ2n) is 4.42. The molecule has 0 radical (unpaired) electrons. The molecule has 0 bridgehead atoms. The molecule has 1 unspecified atom stereocenters. The third-order valence-corrected chi connectivity index (χ3v) is 2.74. The summed E-state index contributed by atoms with van der Waals surface area (Å²) in [6, 6.07) is 7.68. The van der Waals surface area contributed by atoms with Crippen LogP contribution in [0, 0.1) is 0 Å². The smallest absolute Gasteiger partial charge is 0.131 e. The van der Waals surface area contributed by atoms with Crippen molar-refractivity contribution in [2.75, 3.05) is 0 Å². The monoisotopic (exact) mass is 228 g/mol. The molecule has 0 aliphatic carbocycles. The zero-order valence-electron chi connectivity index (χ0n) is 10.1. The van der Waals surface area contributed by atoms with E-state index in [1.54, 1.807) is 0 Å². The fraction of sp³-hybridized carbons (Fsp3) is 0.267. The van der Waals surface area contributed by atoms with Crippen LogP contribution in [0.1, 0.15) is 31.7 Å². The minimum absolute atomic E-state index is 0.180. The van der Waals surface area contributed by atoms with Gasteiger partial charge in [0.05, 0.1) is 5.92 Å². The Morgan fingerprint density at radius 2 is 2.12 bits per heavy atom. The predicted octanol–water partition coefficient (Wildman–Crippen LogP) is 3.60. The van der Waals surface area contributed by atoms with Gasteiger partial charge in [-0.2, -0.15) is 0 Å². The van der Waals surface area contributed by atoms with Gasteiger partial charge in [-0.05, 0) is 26.0 Å². The summed E-state index contributed by atoms with van der Waals surface area (Å²) >= 11 is 0. The summed E-state index contributed by atoms with van der Waals surface area (Å²) < 4.78 is 5.77. The molecule has 2 nitrogen and oxygen atoms in total. The van der Waals surface area contributed by atoms with Gasteiger partial charge in [0.25, 0.3) is 0 Å². The van der Waals surface area contributed by atoms with Crippen molar-refractivity contribution in [3.05, 3.63) is 53.3 Å². The highest BCUT2D eigenvalue weighted by Gasteiger charge is 2.20. The van der Waals surface area contributed by atoms with E-state index in [-0.39, 0.29) is 5.92 Å². The van der Waals surface area contributed by atoms with Crippen LogP contribution in [-0.4, -0.2) is 6.29 Å². The second-order valence-corrected chi connectivity index (χ2v) is 4.42. The first-order chi connectivity index (χ1) is 8.20. The van der Waals surface area contributed by atoms with E-state index in [1.165, 1.54) is 5.57 Å². The van der Waals surface area contributed by atoms with Crippen LogP contribution in [0.2, 0.25) is 0 Å². The molecule has 17 heavy (non-hydrogen) atoms. The number of para-hydroxylation sites is 1. The second kappa shape index (κ2) is 5.00. The van der Waals surface area contributed by atoms with Crippen LogP contribution in [-0.2, 0) is 4.79 Å². The zero-order valence-corrected chi connectivity index (χ0v) is 10.1. The summed E-state index contributed by atoms with van der Waals surface area (Å²) in [5.41, 5.74) is 2.19. The van der Waals surface area contributed by atoms with Gasteiger partial charge in [0.1, 0.15) is 17.8 Å². The van der Waals surface area contributed by atoms with Crippen LogP contribution >= 0.6 is 0 Å². The highest BCUT2D eigenvalue weighted by Crippen LogP contribution is 2.33. The molecule has 0 fully saturated rings. The van der Waals surface area contributed by atoms with Crippen molar-refractivity contribution < 1.29 is 9.53 Å². The molecule has 0 spiro atoms. The molecule has 0 aromatic heterocycles. The van der Waals surface area contributed by atoms with Gasteiger partial charge >= 0.3 is 0 Å². The molecule has 0 saturated heterocycles. The van der Waals surface area contributed by atoms with E-state index in [0.29, 0.717) is 0 Å². The Balaban J connectivity index is 2.27. The van der Waals surface area contributed by atoms with Gasteiger partial charge < -0.3 is 9.53 Å². The lowest BCUT2D eigenvalue weighted by Gasteiger charge is -2.21. The fourth-order valence-corrected chi connectivity index (χ4v) is 1.84. The Labute approximate surface area is 102 Å². The minimum Gasteiger partial charge on any atom is -0.461 e. The highest BCUT2D eigenvalue weighted by molar-refractivity contribution is 5.69. The first-order valence-electron chi connectivity index (χ1n) is 5.77. The van der Waals surface area contributed by atoms with Crippen LogP contribution in [0.25, 0.3) is 0 Å². The first-order valence-corrected chi connectivity index (χ1v) is 5.77. The lowest BCUT2D eigenvalue weighted by molar-refractivity contribution is -0.108. The topological polar surface area (TPSA) is 26.3 Å². The molecular weight excluding hydrogens is 212 g/mol. The Bertz CT molecular complexity index is 479. The maximum absolute atomic E-state index is 11.1. The summed E-state index contributed by atoms with van der Waals surface area (Å²) in [7, 11) is 0. The molecule has 1 atom stereocenters. The maximum atomic E-state index is 11.1. The molecule has 2 rings (SSSR count). The third kappa shape index (κ3) is 2.64. The van der Waals surface area contributed by atoms with E-state index < -0.39 is 0 Å². The molecule has 1 heterocycles. The van der Waals surface area contributed by atoms with E-state index in [0.717, 1.165) is 29.8 Å². The molecule has 1 aromatic rings. The van der Waals surface area contributed by atoms with E-state index in [2.05, 4.69) is 19.9 Å². The molecule has 88 valence electrons. The molecule has 0 saturated carbocycles. The average molecular weight is 228 g/mol. The number of ether oxygens (including phenoxy) is 1. The summed E-state index contributed by atoms with van der Waals surface area (Å²) in [6.45, 7) is 4.10. The van der Waals surface area contributed by atoms with E-state index in [1.807, 2.05) is 30.3 Å². The van der Waals surface area contributed by atoms with Crippen LogP contribution in [0.15, 0.2) is 47.7 Å². The predicted molar refractivity (Wildman–Crippen MR) is 68.0 cm³/mol. The standard InChI is InChI=1S/C15H16O2/c1-11(2)7-8-13-9-12(10-16)14-5-3-4-6-15(14)17-13/h3-7,9-10,12H,8H2,1-2H3. The highest BCUT2D eigenvalue weighted by atomic mass is 16.5. The lowest BCUT2D eigenvalue weighted by atomic mass is 9.96. The number of hydrogen-bond acceptors (Lipinski definition) is 2. The number of aldehydes is 1. The largest absolute Gasteiger partial charge is 0.461 e.